The Kier molecular flexibility index (Phi) is 8.31. The van der Waals surface area contributed by atoms with Crippen molar-refractivity contribution in [3.05, 3.63) is 29.8 Å². The SMILES string of the molecule is CC(C)C[C@H](NC(=O)[C@@H](NC(=O)C1CC1)C(C)(C)C)C(=O)N1C[C@](C=O)(c2ccccc2N)C[C@H]1C#N. The van der Waals surface area contributed by atoms with Gasteiger partial charge in [0.15, 0.2) is 0 Å². The van der Waals surface area contributed by atoms with Gasteiger partial charge in [-0.3, -0.25) is 14.4 Å². The molecule has 1 aromatic carbocycles. The summed E-state index contributed by atoms with van der Waals surface area (Å²) in [5.74, 6) is -1.02. The maximum Gasteiger partial charge on any atom is 0.246 e. The van der Waals surface area contributed by atoms with Crippen LogP contribution in [-0.4, -0.2) is 53.6 Å². The largest absolute Gasteiger partial charge is 0.398 e. The Morgan fingerprint density at radius 1 is 1.22 bits per heavy atom. The summed E-state index contributed by atoms with van der Waals surface area (Å²) in [7, 11) is 0. The van der Waals surface area contributed by atoms with Crippen molar-refractivity contribution in [3.63, 3.8) is 0 Å². The number of hydrogen-bond acceptors (Lipinski definition) is 6. The standard InChI is InChI=1S/C28H39N5O4/c1-17(2)12-22(31-25(36)23(27(3,4)5)32-24(35)18-10-11-18)26(37)33-15-28(16-34,13-19(33)14-29)20-8-6-7-9-21(20)30/h6-9,16-19,22-23H,10-13,15,30H2,1-5H3,(H,31,36)(H,32,35)/t19-,22-,23+,28+/m0/s1. The molecule has 9 heteroatoms. The average molecular weight is 510 g/mol. The molecule has 0 unspecified atom stereocenters. The average Bonchev–Trinajstić information content (AvgIpc) is 3.61. The third-order valence-electron chi connectivity index (χ3n) is 7.23. The minimum atomic E-state index is -1.11. The first kappa shape index (κ1) is 28.2. The molecule has 4 N–H and O–H groups in total. The van der Waals surface area contributed by atoms with Crippen LogP contribution in [0.25, 0.3) is 0 Å². The Labute approximate surface area is 219 Å². The van der Waals surface area contributed by atoms with Crippen LogP contribution in [0.2, 0.25) is 0 Å². The second-order valence-electron chi connectivity index (χ2n) is 11.9. The van der Waals surface area contributed by atoms with Crippen molar-refractivity contribution >= 4 is 29.7 Å². The fourth-order valence-corrected chi connectivity index (χ4v) is 5.00. The Morgan fingerprint density at radius 3 is 2.38 bits per heavy atom. The second-order valence-corrected chi connectivity index (χ2v) is 11.9. The minimum absolute atomic E-state index is 0.00659. The molecule has 1 aromatic rings. The number of nitrogens with zero attached hydrogens (tertiary/aromatic N) is 2. The van der Waals surface area contributed by atoms with Crippen LogP contribution < -0.4 is 16.4 Å². The van der Waals surface area contributed by atoms with Gasteiger partial charge < -0.3 is 26.1 Å². The number of likely N-dealkylation sites (tertiary alicyclic amines) is 1. The fourth-order valence-electron chi connectivity index (χ4n) is 5.00. The highest BCUT2D eigenvalue weighted by Crippen LogP contribution is 2.39. The van der Waals surface area contributed by atoms with Crippen molar-refractivity contribution in [3.8, 4) is 6.07 Å². The van der Waals surface area contributed by atoms with E-state index >= 15 is 0 Å². The van der Waals surface area contributed by atoms with Crippen LogP contribution >= 0.6 is 0 Å². The smallest absolute Gasteiger partial charge is 0.246 e. The van der Waals surface area contributed by atoms with Crippen molar-refractivity contribution in [2.45, 2.75) is 83.8 Å². The van der Waals surface area contributed by atoms with Crippen LogP contribution in [0.3, 0.4) is 0 Å². The first-order valence-electron chi connectivity index (χ1n) is 12.9. The third kappa shape index (κ3) is 6.30. The van der Waals surface area contributed by atoms with Crippen molar-refractivity contribution in [2.24, 2.45) is 17.3 Å². The molecular weight excluding hydrogens is 470 g/mol. The lowest BCUT2D eigenvalue weighted by Crippen LogP contribution is -2.59. The molecule has 0 radical (unpaired) electrons. The monoisotopic (exact) mass is 509 g/mol. The van der Waals surface area contributed by atoms with Gasteiger partial charge in [0.25, 0.3) is 0 Å². The molecule has 1 heterocycles. The molecule has 1 saturated heterocycles. The Balaban J connectivity index is 1.87. The van der Waals surface area contributed by atoms with Crippen LogP contribution in [0.1, 0.15) is 65.9 Å². The molecule has 1 aliphatic heterocycles. The number of benzene rings is 1. The molecule has 2 fully saturated rings. The number of hydrogen-bond donors (Lipinski definition) is 3. The normalized spacial score (nSPS) is 23.2. The number of nitrogens with two attached hydrogens (primary N) is 1. The zero-order valence-corrected chi connectivity index (χ0v) is 22.4. The topological polar surface area (TPSA) is 145 Å². The highest BCUT2D eigenvalue weighted by Gasteiger charge is 2.49. The predicted molar refractivity (Wildman–Crippen MR) is 140 cm³/mol. The van der Waals surface area contributed by atoms with Gasteiger partial charge in [-0.1, -0.05) is 52.8 Å². The van der Waals surface area contributed by atoms with Gasteiger partial charge in [0.2, 0.25) is 17.7 Å². The lowest BCUT2D eigenvalue weighted by molar-refractivity contribution is -0.139. The molecule has 0 bridgehead atoms. The highest BCUT2D eigenvalue weighted by atomic mass is 16.2. The zero-order chi connectivity index (χ0) is 27.5. The number of anilines is 1. The quantitative estimate of drug-likeness (QED) is 0.344. The first-order chi connectivity index (χ1) is 17.3. The molecule has 0 spiro atoms. The van der Waals surface area contributed by atoms with Crippen LogP contribution in [-0.2, 0) is 24.6 Å². The number of nitrogen functional groups attached to an aromatic ring is 1. The molecule has 1 aliphatic carbocycles. The Hall–Kier alpha value is -3.41. The summed E-state index contributed by atoms with van der Waals surface area (Å²) < 4.78 is 0. The van der Waals surface area contributed by atoms with E-state index in [1.165, 1.54) is 4.90 Å². The van der Waals surface area contributed by atoms with E-state index < -0.39 is 40.8 Å². The molecule has 9 nitrogen and oxygen atoms in total. The number of rotatable bonds is 9. The molecular formula is C28H39N5O4. The highest BCUT2D eigenvalue weighted by molar-refractivity contribution is 5.94. The number of amides is 3. The first-order valence-corrected chi connectivity index (χ1v) is 12.9. The van der Waals surface area contributed by atoms with Crippen molar-refractivity contribution in [1.29, 1.82) is 5.26 Å². The van der Waals surface area contributed by atoms with E-state index in [2.05, 4.69) is 16.7 Å². The maximum absolute atomic E-state index is 13.8. The van der Waals surface area contributed by atoms with Crippen LogP contribution in [0.15, 0.2) is 24.3 Å². The summed E-state index contributed by atoms with van der Waals surface area (Å²) in [5, 5.41) is 15.6. The molecule has 37 heavy (non-hydrogen) atoms. The third-order valence-corrected chi connectivity index (χ3v) is 7.23. The lowest BCUT2D eigenvalue weighted by atomic mass is 9.79. The van der Waals surface area contributed by atoms with E-state index in [-0.39, 0.29) is 30.7 Å². The van der Waals surface area contributed by atoms with Crippen LogP contribution in [0.5, 0.6) is 0 Å². The number of carbonyl (C=O) groups excluding carboxylic acids is 4. The van der Waals surface area contributed by atoms with Gasteiger partial charge in [0, 0.05) is 18.2 Å². The van der Waals surface area contributed by atoms with E-state index in [0.717, 1.165) is 19.1 Å². The summed E-state index contributed by atoms with van der Waals surface area (Å²) >= 11 is 0. The summed E-state index contributed by atoms with van der Waals surface area (Å²) in [5.41, 5.74) is 5.48. The van der Waals surface area contributed by atoms with Crippen molar-refractivity contribution in [2.75, 3.05) is 12.3 Å². The van der Waals surface area contributed by atoms with Gasteiger partial charge in [-0.15, -0.1) is 0 Å². The maximum atomic E-state index is 13.8. The van der Waals surface area contributed by atoms with Gasteiger partial charge in [0.05, 0.1) is 11.5 Å². The number of aldehydes is 1. The predicted octanol–water partition coefficient (Wildman–Crippen LogP) is 2.30. The van der Waals surface area contributed by atoms with Gasteiger partial charge in [-0.2, -0.15) is 5.26 Å². The summed E-state index contributed by atoms with van der Waals surface area (Å²) in [6.45, 7) is 9.45. The number of para-hydroxylation sites is 1. The Morgan fingerprint density at radius 2 is 1.86 bits per heavy atom. The van der Waals surface area contributed by atoms with E-state index in [4.69, 9.17) is 5.73 Å². The van der Waals surface area contributed by atoms with Crippen LogP contribution in [0, 0.1) is 28.6 Å². The molecule has 1 saturated carbocycles. The second kappa shape index (κ2) is 10.9. The summed E-state index contributed by atoms with van der Waals surface area (Å²) in [4.78, 5) is 53.5. The van der Waals surface area contributed by atoms with Gasteiger partial charge >= 0.3 is 0 Å². The molecule has 200 valence electrons. The summed E-state index contributed by atoms with van der Waals surface area (Å²) in [6.07, 6.45) is 2.86. The van der Waals surface area contributed by atoms with Gasteiger partial charge in [-0.05, 0) is 48.6 Å². The molecule has 3 rings (SSSR count). The molecule has 4 atom stereocenters. The lowest BCUT2D eigenvalue weighted by Gasteiger charge is -2.33. The fraction of sp³-hybridized carbons (Fsp3) is 0.607. The van der Waals surface area contributed by atoms with Gasteiger partial charge in [0.1, 0.15) is 24.4 Å². The summed E-state index contributed by atoms with van der Waals surface area (Å²) in [6, 6.07) is 6.54. The molecule has 2 aliphatic rings. The Bertz CT molecular complexity index is 1080. The van der Waals surface area contributed by atoms with E-state index in [0.29, 0.717) is 17.7 Å². The van der Waals surface area contributed by atoms with Crippen molar-refractivity contribution in [1.82, 2.24) is 15.5 Å². The molecule has 0 aromatic heterocycles. The van der Waals surface area contributed by atoms with E-state index in [1.807, 2.05) is 34.6 Å². The number of nitrogens with one attached hydrogen (secondary N) is 2. The van der Waals surface area contributed by atoms with E-state index in [1.54, 1.807) is 24.3 Å². The number of carbonyl (C=O) groups is 4. The minimum Gasteiger partial charge on any atom is -0.398 e. The molecule has 3 amide bonds. The zero-order valence-electron chi connectivity index (χ0n) is 22.4. The van der Waals surface area contributed by atoms with Gasteiger partial charge in [-0.25, -0.2) is 0 Å². The van der Waals surface area contributed by atoms with E-state index in [9.17, 15) is 24.4 Å². The number of nitriles is 1. The van der Waals surface area contributed by atoms with Crippen molar-refractivity contribution < 1.29 is 19.2 Å². The van der Waals surface area contributed by atoms with Crippen LogP contribution in [0.4, 0.5) is 5.69 Å².